The fraction of sp³-hybridized carbons (Fsp3) is 0.783. The van der Waals surface area contributed by atoms with Crippen LogP contribution in [0.3, 0.4) is 0 Å². The number of fused-ring (bicyclic) bond motifs is 1. The smallest absolute Gasteiger partial charge is 0.339 e. The Morgan fingerprint density at radius 1 is 0.897 bits per heavy atom. The van der Waals surface area contributed by atoms with Crippen molar-refractivity contribution in [2.24, 2.45) is 5.92 Å². The molecule has 0 bridgehead atoms. The third-order valence-corrected chi connectivity index (χ3v) is 7.47. The van der Waals surface area contributed by atoms with Crippen LogP contribution in [0.15, 0.2) is 23.5 Å². The summed E-state index contributed by atoms with van der Waals surface area (Å²) in [5.74, 6) is -2.03. The zero-order valence-electron chi connectivity index (χ0n) is 20.8. The molecule has 0 radical (unpaired) electrons. The van der Waals surface area contributed by atoms with Crippen molar-refractivity contribution in [1.82, 2.24) is 0 Å². The summed E-state index contributed by atoms with van der Waals surface area (Å²) in [5.41, 5.74) is -1.86. The van der Waals surface area contributed by atoms with Crippen molar-refractivity contribution in [2.45, 2.75) is 79.7 Å². The molecule has 3 heterocycles. The molecule has 4 rings (SSSR count). The molecule has 39 heavy (non-hydrogen) atoms. The molecule has 0 amide bonds. The highest BCUT2D eigenvalue weighted by molar-refractivity contribution is 5.91. The molecular formula is C23H34O16. The predicted octanol–water partition coefficient (Wildman–Crippen LogP) is -5.29. The van der Waals surface area contributed by atoms with Crippen LogP contribution in [0.25, 0.3) is 0 Å². The molecule has 0 aromatic rings. The molecule has 13 unspecified atom stereocenters. The number of esters is 1. The summed E-state index contributed by atoms with van der Waals surface area (Å²) >= 11 is 0. The van der Waals surface area contributed by atoms with Gasteiger partial charge in [-0.2, -0.15) is 0 Å². The number of aliphatic hydroxyl groups excluding tert-OH is 8. The minimum absolute atomic E-state index is 0.0907. The van der Waals surface area contributed by atoms with Gasteiger partial charge >= 0.3 is 5.97 Å². The van der Waals surface area contributed by atoms with Crippen LogP contribution in [-0.2, 0) is 33.2 Å². The van der Waals surface area contributed by atoms with Gasteiger partial charge in [0.1, 0.15) is 60.0 Å². The van der Waals surface area contributed by atoms with E-state index in [1.165, 1.54) is 6.08 Å². The van der Waals surface area contributed by atoms with Crippen molar-refractivity contribution in [1.29, 1.82) is 0 Å². The number of hydrogen-bond acceptors (Lipinski definition) is 16. The highest BCUT2D eigenvalue weighted by Crippen LogP contribution is 2.47. The molecule has 4 aliphatic rings. The van der Waals surface area contributed by atoms with Gasteiger partial charge in [-0.05, 0) is 12.0 Å². The highest BCUT2D eigenvalue weighted by atomic mass is 16.8. The van der Waals surface area contributed by atoms with Gasteiger partial charge < -0.3 is 74.4 Å². The second-order valence-electron chi connectivity index (χ2n) is 9.71. The van der Waals surface area contributed by atoms with Crippen molar-refractivity contribution in [2.75, 3.05) is 26.9 Å². The van der Waals surface area contributed by atoms with Crippen molar-refractivity contribution in [3.8, 4) is 0 Å². The van der Waals surface area contributed by atoms with Gasteiger partial charge in [-0.25, -0.2) is 4.79 Å². The fourth-order valence-corrected chi connectivity index (χ4v) is 5.24. The van der Waals surface area contributed by atoms with Crippen LogP contribution in [0.4, 0.5) is 0 Å². The van der Waals surface area contributed by atoms with Crippen LogP contribution < -0.4 is 0 Å². The van der Waals surface area contributed by atoms with Gasteiger partial charge in [0.15, 0.2) is 12.6 Å². The minimum atomic E-state index is -1.89. The Balaban J connectivity index is 1.56. The maximum Gasteiger partial charge on any atom is 0.339 e. The first-order chi connectivity index (χ1) is 18.5. The topological polar surface area (TPSA) is 255 Å². The maximum atomic E-state index is 12.2. The Hall–Kier alpha value is -1.77. The summed E-state index contributed by atoms with van der Waals surface area (Å²) in [5, 5.41) is 92.4. The molecule has 2 fully saturated rings. The fourth-order valence-electron chi connectivity index (χ4n) is 5.24. The van der Waals surface area contributed by atoms with E-state index in [1.54, 1.807) is 0 Å². The van der Waals surface area contributed by atoms with Gasteiger partial charge in [-0.15, -0.1) is 0 Å². The van der Waals surface area contributed by atoms with Crippen LogP contribution >= 0.6 is 0 Å². The van der Waals surface area contributed by atoms with E-state index in [0.29, 0.717) is 0 Å². The summed E-state index contributed by atoms with van der Waals surface area (Å²) in [6.45, 7) is -2.06. The first-order valence-corrected chi connectivity index (χ1v) is 12.2. The first-order valence-electron chi connectivity index (χ1n) is 12.2. The number of hydrogen-bond donors (Lipinski definition) is 9. The van der Waals surface area contributed by atoms with E-state index in [1.807, 2.05) is 0 Å². The molecule has 0 aromatic heterocycles. The molecule has 16 heteroatoms. The number of carbonyl (C=O) groups is 1. The molecule has 9 N–H and O–H groups in total. The maximum absolute atomic E-state index is 12.2. The lowest BCUT2D eigenvalue weighted by Gasteiger charge is -2.47. The molecule has 0 aromatic carbocycles. The Morgan fingerprint density at radius 3 is 2.10 bits per heavy atom. The normalized spacial score (nSPS) is 46.1. The molecule has 2 saturated heterocycles. The third kappa shape index (κ3) is 5.33. The van der Waals surface area contributed by atoms with E-state index in [2.05, 4.69) is 0 Å². The molecular weight excluding hydrogens is 532 g/mol. The number of carbonyl (C=O) groups excluding carboxylic acids is 1. The minimum Gasteiger partial charge on any atom is -0.471 e. The standard InChI is InChI=1S/C23H34O16/c1-34-19(32)9-7-35-20(12-8(4-24)2-3-23(9,12)33)39-22-17(31)18(14(28)11(6-26)37-22)38-21-16(30)15(29)13(27)10(5-25)36-21/h2,7,10-18,20-22,24-31,33H,3-6H2,1H3. The molecule has 13 atom stereocenters. The summed E-state index contributed by atoms with van der Waals surface area (Å²) in [6, 6.07) is 0. The lowest BCUT2D eigenvalue weighted by Crippen LogP contribution is -2.65. The van der Waals surface area contributed by atoms with Gasteiger partial charge in [0, 0.05) is 0 Å². The van der Waals surface area contributed by atoms with Gasteiger partial charge in [0.25, 0.3) is 0 Å². The SMILES string of the molecule is COC(=O)C1=COC(OC2OC(CO)C(O)C(OC3OC(CO)C(O)C(O)C3O)C2O)C2C(CO)=CCC12O. The highest BCUT2D eigenvalue weighted by Gasteiger charge is 2.57. The molecule has 222 valence electrons. The molecule has 0 saturated carbocycles. The summed E-state index contributed by atoms with van der Waals surface area (Å²) in [4.78, 5) is 12.2. The van der Waals surface area contributed by atoms with Crippen LogP contribution in [0.1, 0.15) is 6.42 Å². The van der Waals surface area contributed by atoms with Crippen LogP contribution in [-0.4, -0.2) is 152 Å². The Bertz CT molecular complexity index is 939. The van der Waals surface area contributed by atoms with Gasteiger partial charge in [0.05, 0.1) is 39.1 Å². The quantitative estimate of drug-likeness (QED) is 0.0982. The monoisotopic (exact) mass is 566 g/mol. The number of ether oxygens (including phenoxy) is 6. The summed E-state index contributed by atoms with van der Waals surface area (Å²) in [6.07, 6.45) is -15.9. The van der Waals surface area contributed by atoms with Gasteiger partial charge in [-0.3, -0.25) is 0 Å². The molecule has 3 aliphatic heterocycles. The van der Waals surface area contributed by atoms with E-state index in [-0.39, 0.29) is 17.6 Å². The van der Waals surface area contributed by atoms with E-state index < -0.39 is 105 Å². The Labute approximate surface area is 221 Å². The van der Waals surface area contributed by atoms with Crippen LogP contribution in [0.5, 0.6) is 0 Å². The average molecular weight is 567 g/mol. The van der Waals surface area contributed by atoms with Crippen LogP contribution in [0, 0.1) is 5.92 Å². The lowest BCUT2D eigenvalue weighted by molar-refractivity contribution is -0.376. The largest absolute Gasteiger partial charge is 0.471 e. The van der Waals surface area contributed by atoms with E-state index in [0.717, 1.165) is 13.4 Å². The van der Waals surface area contributed by atoms with E-state index >= 15 is 0 Å². The summed E-state index contributed by atoms with van der Waals surface area (Å²) in [7, 11) is 1.11. The van der Waals surface area contributed by atoms with Crippen LogP contribution in [0.2, 0.25) is 0 Å². The average Bonchev–Trinajstić information content (AvgIpc) is 3.29. The summed E-state index contributed by atoms with van der Waals surface area (Å²) < 4.78 is 32.3. The molecule has 1 aliphatic carbocycles. The number of aliphatic hydroxyl groups is 9. The number of rotatable bonds is 8. The first kappa shape index (κ1) is 30.2. The Kier molecular flexibility index (Phi) is 9.29. The zero-order chi connectivity index (χ0) is 28.6. The lowest BCUT2D eigenvalue weighted by atomic mass is 9.79. The number of methoxy groups -OCH3 is 1. The van der Waals surface area contributed by atoms with Crippen molar-refractivity contribution in [3.05, 3.63) is 23.5 Å². The van der Waals surface area contributed by atoms with Gasteiger partial charge in [-0.1, -0.05) is 6.08 Å². The zero-order valence-corrected chi connectivity index (χ0v) is 20.8. The van der Waals surface area contributed by atoms with Gasteiger partial charge in [0.2, 0.25) is 6.29 Å². The third-order valence-electron chi connectivity index (χ3n) is 7.47. The van der Waals surface area contributed by atoms with E-state index in [9.17, 15) is 50.8 Å². The second-order valence-corrected chi connectivity index (χ2v) is 9.71. The molecule has 16 nitrogen and oxygen atoms in total. The second kappa shape index (κ2) is 12.0. The Morgan fingerprint density at radius 2 is 1.51 bits per heavy atom. The predicted molar refractivity (Wildman–Crippen MR) is 121 cm³/mol. The molecule has 0 spiro atoms. The van der Waals surface area contributed by atoms with Crippen molar-refractivity contribution < 1.29 is 79.2 Å². The van der Waals surface area contributed by atoms with Crippen molar-refractivity contribution >= 4 is 5.97 Å². The van der Waals surface area contributed by atoms with E-state index in [4.69, 9.17) is 28.4 Å². The van der Waals surface area contributed by atoms with Crippen molar-refractivity contribution in [3.63, 3.8) is 0 Å².